The number of thioether (sulfide) groups is 1. The minimum atomic E-state index is -0.234. The van der Waals surface area contributed by atoms with Crippen LogP contribution >= 0.6 is 11.8 Å². The number of rotatable bonds is 4. The predicted octanol–water partition coefficient (Wildman–Crippen LogP) is 1.54. The highest BCUT2D eigenvalue weighted by atomic mass is 32.2. The molecular formula is C11H14N8OS. The van der Waals surface area contributed by atoms with Gasteiger partial charge in [0.2, 0.25) is 0 Å². The molecule has 0 aliphatic carbocycles. The molecule has 110 valence electrons. The molecular weight excluding hydrogens is 292 g/mol. The van der Waals surface area contributed by atoms with Crippen LogP contribution in [0.15, 0.2) is 17.8 Å². The number of azide groups is 1. The lowest BCUT2D eigenvalue weighted by molar-refractivity contribution is 0.289. The van der Waals surface area contributed by atoms with Crippen molar-refractivity contribution in [1.29, 1.82) is 0 Å². The van der Waals surface area contributed by atoms with Crippen LogP contribution in [0.1, 0.15) is 11.8 Å². The second-order valence-corrected chi connectivity index (χ2v) is 6.06. The van der Waals surface area contributed by atoms with Crippen molar-refractivity contribution in [2.24, 2.45) is 5.11 Å². The summed E-state index contributed by atoms with van der Waals surface area (Å²) >= 11 is 1.57. The first-order valence-corrected chi connectivity index (χ1v) is 7.38. The van der Waals surface area contributed by atoms with Crippen molar-refractivity contribution in [2.45, 2.75) is 23.1 Å². The number of anilines is 1. The number of aromatic nitrogens is 4. The van der Waals surface area contributed by atoms with Gasteiger partial charge in [-0.25, -0.2) is 15.0 Å². The van der Waals surface area contributed by atoms with Crippen LogP contribution in [-0.4, -0.2) is 49.6 Å². The molecule has 2 aromatic rings. The maximum absolute atomic E-state index is 9.35. The Labute approximate surface area is 124 Å². The largest absolute Gasteiger partial charge is 0.395 e. The van der Waals surface area contributed by atoms with Crippen molar-refractivity contribution in [2.75, 3.05) is 19.0 Å². The molecule has 0 bridgehead atoms. The van der Waals surface area contributed by atoms with Crippen LogP contribution in [0.25, 0.3) is 21.6 Å². The summed E-state index contributed by atoms with van der Waals surface area (Å²) in [6, 6.07) is -0.234. The zero-order valence-electron chi connectivity index (χ0n) is 11.3. The number of aliphatic hydroxyl groups is 1. The zero-order chi connectivity index (χ0) is 14.8. The maximum atomic E-state index is 9.35. The van der Waals surface area contributed by atoms with Crippen LogP contribution in [0, 0.1) is 0 Å². The third-order valence-corrected chi connectivity index (χ3v) is 4.99. The molecule has 3 heterocycles. The minimum absolute atomic E-state index is 0.0496. The Bertz CT molecular complexity index is 697. The summed E-state index contributed by atoms with van der Waals surface area (Å²) in [4.78, 5) is 15.7. The van der Waals surface area contributed by atoms with Crippen molar-refractivity contribution in [3.8, 4) is 0 Å². The highest BCUT2D eigenvalue weighted by molar-refractivity contribution is 8.00. The Morgan fingerprint density at radius 1 is 1.57 bits per heavy atom. The number of hydrogen-bond acceptors (Lipinski definition) is 7. The van der Waals surface area contributed by atoms with Gasteiger partial charge in [-0.2, -0.15) is 0 Å². The molecule has 0 radical (unpaired) electrons. The summed E-state index contributed by atoms with van der Waals surface area (Å²) in [5.41, 5.74) is 10.1. The van der Waals surface area contributed by atoms with Crippen LogP contribution in [0.3, 0.4) is 0 Å². The molecule has 21 heavy (non-hydrogen) atoms. The van der Waals surface area contributed by atoms with Crippen LogP contribution in [0.5, 0.6) is 0 Å². The molecule has 10 heteroatoms. The van der Waals surface area contributed by atoms with E-state index < -0.39 is 0 Å². The van der Waals surface area contributed by atoms with Crippen molar-refractivity contribution in [3.05, 3.63) is 23.1 Å². The molecule has 3 atom stereocenters. The molecule has 9 nitrogen and oxygen atoms in total. The number of hydrogen-bond donors (Lipinski definition) is 2. The summed E-state index contributed by atoms with van der Waals surface area (Å²) in [5, 5.41) is 16.1. The smallest absolute Gasteiger partial charge is 0.166 e. The number of fused-ring (bicyclic) bond motifs is 1. The predicted molar refractivity (Wildman–Crippen MR) is 79.9 cm³/mol. The number of imidazole rings is 1. The number of nitrogens with one attached hydrogen (secondary N) is 1. The number of nitrogens with zero attached hydrogens (tertiary/aromatic N) is 7. The summed E-state index contributed by atoms with van der Waals surface area (Å²) < 4.78 is 1.89. The summed E-state index contributed by atoms with van der Waals surface area (Å²) in [7, 11) is 1.77. The van der Waals surface area contributed by atoms with Gasteiger partial charge in [-0.1, -0.05) is 5.11 Å². The van der Waals surface area contributed by atoms with Crippen LogP contribution in [0.4, 0.5) is 5.82 Å². The minimum Gasteiger partial charge on any atom is -0.395 e. The first-order valence-electron chi connectivity index (χ1n) is 6.44. The van der Waals surface area contributed by atoms with Gasteiger partial charge in [0, 0.05) is 17.2 Å². The van der Waals surface area contributed by atoms with E-state index in [-0.39, 0.29) is 23.3 Å². The lowest BCUT2D eigenvalue weighted by Gasteiger charge is -2.16. The normalized spacial score (nSPS) is 25.0. The van der Waals surface area contributed by atoms with Gasteiger partial charge in [0.1, 0.15) is 11.8 Å². The third-order valence-electron chi connectivity index (χ3n) is 3.44. The average molecular weight is 306 g/mol. The van der Waals surface area contributed by atoms with Gasteiger partial charge in [0.05, 0.1) is 24.3 Å². The molecule has 3 rings (SSSR count). The van der Waals surface area contributed by atoms with Crippen molar-refractivity contribution in [1.82, 2.24) is 19.5 Å². The van der Waals surface area contributed by atoms with E-state index in [1.165, 1.54) is 6.33 Å². The fourth-order valence-corrected chi connectivity index (χ4v) is 3.91. The molecule has 2 aromatic heterocycles. The molecule has 1 aliphatic rings. The molecule has 1 fully saturated rings. The summed E-state index contributed by atoms with van der Waals surface area (Å²) in [6.45, 7) is 0.0575. The Balaban J connectivity index is 2.05. The molecule has 1 aliphatic heterocycles. The van der Waals surface area contributed by atoms with E-state index >= 15 is 0 Å². The SMILES string of the molecule is CNc1ncnc2c1ncn2[C@H]1S[C@@H](CO)CC1N=[N+]=[N-]. The van der Waals surface area contributed by atoms with Gasteiger partial charge >= 0.3 is 0 Å². The van der Waals surface area contributed by atoms with E-state index in [0.717, 1.165) is 0 Å². The molecule has 1 unspecified atom stereocenters. The van der Waals surface area contributed by atoms with Crippen LogP contribution in [0.2, 0.25) is 0 Å². The van der Waals surface area contributed by atoms with E-state index in [4.69, 9.17) is 5.53 Å². The van der Waals surface area contributed by atoms with Gasteiger partial charge < -0.3 is 15.0 Å². The highest BCUT2D eigenvalue weighted by Crippen LogP contribution is 2.44. The van der Waals surface area contributed by atoms with Gasteiger partial charge in [-0.05, 0) is 12.0 Å². The topological polar surface area (TPSA) is 125 Å². The van der Waals surface area contributed by atoms with Gasteiger partial charge in [0.15, 0.2) is 11.5 Å². The molecule has 0 amide bonds. The Morgan fingerprint density at radius 3 is 3.14 bits per heavy atom. The van der Waals surface area contributed by atoms with Crippen LogP contribution in [-0.2, 0) is 0 Å². The first kappa shape index (κ1) is 13.9. The lowest BCUT2D eigenvalue weighted by Crippen LogP contribution is -2.14. The van der Waals surface area contributed by atoms with Crippen molar-refractivity contribution >= 4 is 28.7 Å². The van der Waals surface area contributed by atoms with Gasteiger partial charge in [-0.3, -0.25) is 0 Å². The maximum Gasteiger partial charge on any atom is 0.166 e. The molecule has 0 spiro atoms. The molecule has 2 N–H and O–H groups in total. The van der Waals surface area contributed by atoms with Crippen molar-refractivity contribution < 1.29 is 5.11 Å². The fourth-order valence-electron chi connectivity index (χ4n) is 2.49. The Kier molecular flexibility index (Phi) is 3.82. The Morgan fingerprint density at radius 2 is 2.43 bits per heavy atom. The third kappa shape index (κ3) is 2.37. The van der Waals surface area contributed by atoms with E-state index in [0.29, 0.717) is 23.4 Å². The highest BCUT2D eigenvalue weighted by Gasteiger charge is 2.36. The first-order chi connectivity index (χ1) is 10.3. The Hall–Kier alpha value is -2.03. The second-order valence-electron chi connectivity index (χ2n) is 4.64. The number of aliphatic hydroxyl groups excluding tert-OH is 1. The average Bonchev–Trinajstić information content (AvgIpc) is 3.10. The fraction of sp³-hybridized carbons (Fsp3) is 0.545. The lowest BCUT2D eigenvalue weighted by atomic mass is 10.2. The van der Waals surface area contributed by atoms with Gasteiger partial charge in [-0.15, -0.1) is 11.8 Å². The second kappa shape index (κ2) is 5.76. The van der Waals surface area contributed by atoms with Crippen LogP contribution < -0.4 is 5.32 Å². The monoisotopic (exact) mass is 306 g/mol. The van der Waals surface area contributed by atoms with E-state index in [1.54, 1.807) is 25.1 Å². The molecule has 0 aromatic carbocycles. The van der Waals surface area contributed by atoms with E-state index in [2.05, 4.69) is 30.3 Å². The molecule has 1 saturated heterocycles. The standard InChI is InChI=1S/C11H14N8OS/c1-13-9-8-10(15-4-14-9)19(5-16-8)11-7(17-18-12)2-6(3-20)21-11/h4-7,11,20H,2-3H2,1H3,(H,13,14,15)/t6-,7?,11+/m1/s1. The van der Waals surface area contributed by atoms with Crippen molar-refractivity contribution in [3.63, 3.8) is 0 Å². The summed E-state index contributed by atoms with van der Waals surface area (Å²) in [5.74, 6) is 0.654. The zero-order valence-corrected chi connectivity index (χ0v) is 12.1. The van der Waals surface area contributed by atoms with E-state index in [9.17, 15) is 5.11 Å². The van der Waals surface area contributed by atoms with E-state index in [1.807, 2.05) is 4.57 Å². The molecule has 0 saturated carbocycles. The van der Waals surface area contributed by atoms with Gasteiger partial charge in [0.25, 0.3) is 0 Å². The quantitative estimate of drug-likeness (QED) is 0.501. The summed E-state index contributed by atoms with van der Waals surface area (Å²) in [6.07, 6.45) is 3.79.